The molecule has 1 nitrogen and oxygen atoms in total. The summed E-state index contributed by atoms with van der Waals surface area (Å²) in [6, 6.07) is 88.9. The van der Waals surface area contributed by atoms with Crippen molar-refractivity contribution < 1.29 is 5.48 Å². The van der Waals surface area contributed by atoms with Gasteiger partial charge in [-0.2, -0.15) is 0 Å². The Morgan fingerprint density at radius 1 is 0.232 bits per heavy atom. The molecule has 0 spiro atoms. The molecule has 324 valence electrons. The van der Waals surface area contributed by atoms with Crippen LogP contribution in [-0.2, 0) is 0 Å². The summed E-state index contributed by atoms with van der Waals surface area (Å²) in [4.78, 5) is 1.87. The lowest BCUT2D eigenvalue weighted by Crippen LogP contribution is -2.09. The first kappa shape index (κ1) is 37.1. The molecule has 1 heteroatoms. The van der Waals surface area contributed by atoms with Crippen molar-refractivity contribution in [3.8, 4) is 77.9 Å². The lowest BCUT2D eigenvalue weighted by molar-refractivity contribution is 1.28. The van der Waals surface area contributed by atoms with E-state index < -0.39 is 0 Å². The highest BCUT2D eigenvalue weighted by atomic mass is 15.1. The van der Waals surface area contributed by atoms with Crippen molar-refractivity contribution in [2.75, 3.05) is 4.90 Å². The number of fused-ring (bicyclic) bond motifs is 2. The van der Waals surface area contributed by atoms with E-state index in [4.69, 9.17) is 0 Å². The molecule has 0 N–H and O–H groups in total. The van der Waals surface area contributed by atoms with Gasteiger partial charge in [0.1, 0.15) is 0 Å². The maximum absolute atomic E-state index is 9.83. The molecule has 0 aromatic heterocycles. The molecule has 0 radical (unpaired) electrons. The van der Waals surface area contributed by atoms with E-state index in [0.717, 1.165) is 72.0 Å². The average molecular weight is 882 g/mol. The van der Waals surface area contributed by atoms with E-state index >= 15 is 0 Å². The molecule has 0 amide bonds. The SMILES string of the molecule is [2H]c1c([2H])c(N(c2ccc(-c3cccc(-c4cccc5ccccc45)c3)cc2)c2ccc(-c3ccc4ccccc4c3-c3ccccc3)cc2)c([2H])c([2H])c1-c1ccc(-c2ccccc2)c(-c2ccccc2)c1. The Morgan fingerprint density at radius 3 is 1.38 bits per heavy atom. The summed E-state index contributed by atoms with van der Waals surface area (Å²) in [6.45, 7) is 0. The molecular weight excluding hydrogens is 831 g/mol. The van der Waals surface area contributed by atoms with E-state index in [1.165, 1.54) is 16.3 Å². The Balaban J connectivity index is 0.992. The lowest BCUT2D eigenvalue weighted by Gasteiger charge is -2.26. The van der Waals surface area contributed by atoms with Gasteiger partial charge in [0.05, 0.1) is 5.48 Å². The summed E-state index contributed by atoms with van der Waals surface area (Å²) in [5.74, 6) is 0. The summed E-state index contributed by atoms with van der Waals surface area (Å²) in [6.07, 6.45) is 0. The Bertz CT molecular complexity index is 3950. The average Bonchev–Trinajstić information content (AvgIpc) is 3.46. The second-order valence-corrected chi connectivity index (χ2v) is 17.3. The zero-order valence-corrected chi connectivity index (χ0v) is 37.8. The number of benzene rings is 12. The third-order valence-electron chi connectivity index (χ3n) is 13.2. The standard InChI is InChI=1S/C68H47N/c1-4-16-50(17-5-1)64-44-37-57(47-67(64)52-18-6-2-7-19-52)49-32-40-60(41-33-49)69(59-38-30-48(31-39-59)56-25-14-26-58(46-56)63-29-15-24-51-20-10-12-27-62(51)63)61-42-34-54(35-43-61)66-45-36-53-21-11-13-28-65(53)68(66)55-22-8-3-9-23-55/h1-47H/i32D,33D,40D,41D. The second kappa shape index (κ2) is 18.3. The molecule has 12 aromatic carbocycles. The van der Waals surface area contributed by atoms with Gasteiger partial charge in [0.2, 0.25) is 0 Å². The van der Waals surface area contributed by atoms with Crippen LogP contribution in [0.5, 0.6) is 0 Å². The molecule has 12 rings (SSSR count). The van der Waals surface area contributed by atoms with Crippen molar-refractivity contribution in [2.24, 2.45) is 0 Å². The molecule has 0 unspecified atom stereocenters. The van der Waals surface area contributed by atoms with Gasteiger partial charge >= 0.3 is 0 Å². The monoisotopic (exact) mass is 881 g/mol. The molecule has 0 heterocycles. The maximum Gasteiger partial charge on any atom is 0.0645 e. The minimum absolute atomic E-state index is 0.116. The minimum Gasteiger partial charge on any atom is -0.311 e. The first-order chi connectivity index (χ1) is 35.9. The van der Waals surface area contributed by atoms with Crippen LogP contribution in [0.1, 0.15) is 5.48 Å². The van der Waals surface area contributed by atoms with Crippen molar-refractivity contribution >= 4 is 38.6 Å². The topological polar surface area (TPSA) is 3.24 Å². The highest BCUT2D eigenvalue weighted by Crippen LogP contribution is 2.43. The molecule has 0 atom stereocenters. The highest BCUT2D eigenvalue weighted by Gasteiger charge is 2.17. The largest absolute Gasteiger partial charge is 0.311 e. The van der Waals surface area contributed by atoms with Crippen LogP contribution in [0.2, 0.25) is 0 Å². The third-order valence-corrected chi connectivity index (χ3v) is 13.2. The summed E-state index contributed by atoms with van der Waals surface area (Å²) in [5.41, 5.74) is 15.1. The molecule has 0 fully saturated rings. The third kappa shape index (κ3) is 8.18. The van der Waals surface area contributed by atoms with Crippen molar-refractivity contribution in [3.05, 3.63) is 285 Å². The number of rotatable bonds is 10. The van der Waals surface area contributed by atoms with Crippen LogP contribution in [0.25, 0.3) is 99.4 Å². The molecule has 0 aliphatic rings. The number of anilines is 3. The van der Waals surface area contributed by atoms with Crippen molar-refractivity contribution in [2.45, 2.75) is 0 Å². The quantitative estimate of drug-likeness (QED) is 0.132. The van der Waals surface area contributed by atoms with E-state index in [0.29, 0.717) is 16.9 Å². The Hall–Kier alpha value is -9.04. The lowest BCUT2D eigenvalue weighted by atomic mass is 9.90. The van der Waals surface area contributed by atoms with Crippen LogP contribution in [0.4, 0.5) is 17.1 Å². The fourth-order valence-electron chi connectivity index (χ4n) is 9.76. The van der Waals surface area contributed by atoms with Gasteiger partial charge in [0.25, 0.3) is 0 Å². The summed E-state index contributed by atoms with van der Waals surface area (Å²) in [7, 11) is 0. The predicted molar refractivity (Wildman–Crippen MR) is 294 cm³/mol. The van der Waals surface area contributed by atoms with Gasteiger partial charge in [-0.3, -0.25) is 0 Å². The maximum atomic E-state index is 9.83. The van der Waals surface area contributed by atoms with Crippen molar-refractivity contribution in [3.63, 3.8) is 0 Å². The number of nitrogens with zero attached hydrogens (tertiary/aromatic N) is 1. The van der Waals surface area contributed by atoms with E-state index in [2.05, 4.69) is 176 Å². The summed E-state index contributed by atoms with van der Waals surface area (Å²) >= 11 is 0. The molecule has 0 saturated carbocycles. The zero-order chi connectivity index (χ0) is 49.4. The minimum atomic E-state index is -0.138. The molecule has 0 bridgehead atoms. The van der Waals surface area contributed by atoms with Crippen molar-refractivity contribution in [1.29, 1.82) is 0 Å². The molecule has 0 aliphatic heterocycles. The molecule has 69 heavy (non-hydrogen) atoms. The van der Waals surface area contributed by atoms with Gasteiger partial charge in [-0.15, -0.1) is 0 Å². The van der Waals surface area contributed by atoms with E-state index in [9.17, 15) is 5.48 Å². The number of hydrogen-bond donors (Lipinski definition) is 0. The first-order valence-corrected chi connectivity index (χ1v) is 23.4. The second-order valence-electron chi connectivity index (χ2n) is 17.3. The van der Waals surface area contributed by atoms with Crippen LogP contribution >= 0.6 is 0 Å². The smallest absolute Gasteiger partial charge is 0.0645 e. The van der Waals surface area contributed by atoms with Crippen LogP contribution in [0.3, 0.4) is 0 Å². The fraction of sp³-hybridized carbons (Fsp3) is 0. The molecule has 12 aromatic rings. The van der Waals surface area contributed by atoms with E-state index in [-0.39, 0.29) is 35.4 Å². The van der Waals surface area contributed by atoms with Crippen LogP contribution in [0, 0.1) is 0 Å². The Morgan fingerprint density at radius 2 is 0.696 bits per heavy atom. The van der Waals surface area contributed by atoms with Gasteiger partial charge in [-0.1, -0.05) is 237 Å². The van der Waals surface area contributed by atoms with Gasteiger partial charge < -0.3 is 4.90 Å². The van der Waals surface area contributed by atoms with E-state index in [1.54, 1.807) is 0 Å². The normalized spacial score (nSPS) is 12.0. The highest BCUT2D eigenvalue weighted by molar-refractivity contribution is 6.04. The van der Waals surface area contributed by atoms with Crippen molar-refractivity contribution in [1.82, 2.24) is 0 Å². The first-order valence-electron chi connectivity index (χ1n) is 25.4. The summed E-state index contributed by atoms with van der Waals surface area (Å²) in [5, 5.41) is 4.71. The Kier molecular flexibility index (Phi) is 9.85. The fourth-order valence-corrected chi connectivity index (χ4v) is 9.76. The van der Waals surface area contributed by atoms with Gasteiger partial charge in [-0.05, 0) is 148 Å². The van der Waals surface area contributed by atoms with Gasteiger partial charge in [0, 0.05) is 17.1 Å². The Labute approximate surface area is 410 Å². The number of hydrogen-bond acceptors (Lipinski definition) is 1. The summed E-state index contributed by atoms with van der Waals surface area (Å²) < 4.78 is 39.1. The molecular formula is C68H47N. The zero-order valence-electron chi connectivity index (χ0n) is 41.8. The van der Waals surface area contributed by atoms with Gasteiger partial charge in [-0.25, -0.2) is 0 Å². The molecule has 0 saturated heterocycles. The van der Waals surface area contributed by atoms with E-state index in [1.807, 2.05) is 89.8 Å². The van der Waals surface area contributed by atoms with Gasteiger partial charge in [0.15, 0.2) is 0 Å². The molecule has 0 aliphatic carbocycles. The predicted octanol–water partition coefficient (Wildman–Crippen LogP) is 19.1. The van der Waals surface area contributed by atoms with Crippen LogP contribution in [0.15, 0.2) is 285 Å². The van der Waals surface area contributed by atoms with Crippen LogP contribution in [-0.4, -0.2) is 0 Å². The van der Waals surface area contributed by atoms with Crippen LogP contribution < -0.4 is 4.90 Å².